The fourth-order valence-corrected chi connectivity index (χ4v) is 2.61. The highest BCUT2D eigenvalue weighted by molar-refractivity contribution is 8.00. The maximum atomic E-state index is 13.5. The van der Waals surface area contributed by atoms with Crippen molar-refractivity contribution in [1.82, 2.24) is 0 Å². The van der Waals surface area contributed by atoms with Gasteiger partial charge < -0.3 is 5.32 Å². The van der Waals surface area contributed by atoms with Gasteiger partial charge in [-0.05, 0) is 36.4 Å². The van der Waals surface area contributed by atoms with Gasteiger partial charge in [0.25, 0.3) is 0 Å². The summed E-state index contributed by atoms with van der Waals surface area (Å²) in [6.45, 7) is 1.77. The summed E-state index contributed by atoms with van der Waals surface area (Å²) in [5, 5.41) is 2.72. The number of hydrogen-bond acceptors (Lipinski definition) is 3. The smallest absolute Gasteiger partial charge is 0.224 e. The summed E-state index contributed by atoms with van der Waals surface area (Å²) in [5.41, 5.74) is 1.20. The van der Waals surface area contributed by atoms with Gasteiger partial charge in [-0.25, -0.2) is 4.39 Å². The van der Waals surface area contributed by atoms with Gasteiger partial charge in [-0.1, -0.05) is 19.1 Å². The van der Waals surface area contributed by atoms with Crippen molar-refractivity contribution in [1.29, 1.82) is 0 Å². The molecule has 0 unspecified atom stereocenters. The van der Waals surface area contributed by atoms with Gasteiger partial charge in [-0.15, -0.1) is 11.8 Å². The lowest BCUT2D eigenvalue weighted by atomic mass is 10.1. The molecule has 0 spiro atoms. The molecule has 0 saturated carbocycles. The minimum absolute atomic E-state index is 0.0748. The van der Waals surface area contributed by atoms with Crippen molar-refractivity contribution in [3.05, 3.63) is 59.9 Å². The molecular formula is C17H16FNO2S. The van der Waals surface area contributed by atoms with Crippen molar-refractivity contribution in [2.24, 2.45) is 0 Å². The average Bonchev–Trinajstić information content (AvgIpc) is 2.54. The molecule has 0 aliphatic rings. The maximum Gasteiger partial charge on any atom is 0.224 e. The van der Waals surface area contributed by atoms with Gasteiger partial charge in [-0.2, -0.15) is 0 Å². The number of halogens is 1. The Balaban J connectivity index is 1.95. The first-order valence-electron chi connectivity index (χ1n) is 6.90. The Morgan fingerprint density at radius 3 is 2.41 bits per heavy atom. The summed E-state index contributed by atoms with van der Waals surface area (Å²) >= 11 is 1.17. The molecule has 1 amide bonds. The Kier molecular flexibility index (Phi) is 5.72. The Morgan fingerprint density at radius 2 is 1.77 bits per heavy atom. The molecule has 0 heterocycles. The molecule has 1 N–H and O–H groups in total. The third kappa shape index (κ3) is 4.43. The number of amides is 1. The van der Waals surface area contributed by atoms with E-state index in [0.29, 0.717) is 22.6 Å². The Morgan fingerprint density at radius 1 is 1.09 bits per heavy atom. The molecule has 0 aromatic heterocycles. The number of hydrogen-bond donors (Lipinski definition) is 1. The van der Waals surface area contributed by atoms with Crippen LogP contribution in [0, 0.1) is 5.82 Å². The van der Waals surface area contributed by atoms with Crippen LogP contribution in [0.15, 0.2) is 53.4 Å². The van der Waals surface area contributed by atoms with Gasteiger partial charge >= 0.3 is 0 Å². The number of thioether (sulfide) groups is 1. The van der Waals surface area contributed by atoms with Crippen molar-refractivity contribution < 1.29 is 14.0 Å². The summed E-state index contributed by atoms with van der Waals surface area (Å²) in [7, 11) is 0. The fourth-order valence-electron chi connectivity index (χ4n) is 1.78. The molecule has 2 rings (SSSR count). The molecule has 0 aliphatic heterocycles. The molecule has 0 atom stereocenters. The molecule has 0 radical (unpaired) electrons. The molecule has 0 bridgehead atoms. The number of rotatable bonds is 6. The fraction of sp³-hybridized carbons (Fsp3) is 0.176. The van der Waals surface area contributed by atoms with Crippen molar-refractivity contribution in [3.8, 4) is 0 Å². The van der Waals surface area contributed by atoms with Gasteiger partial charge in [0.2, 0.25) is 5.91 Å². The SMILES string of the molecule is CCC(=O)Nc1ccc(C(=O)CSc2ccccc2F)cc1. The summed E-state index contributed by atoms with van der Waals surface area (Å²) < 4.78 is 13.5. The molecule has 2 aromatic rings. The van der Waals surface area contributed by atoms with Crippen molar-refractivity contribution in [2.75, 3.05) is 11.1 Å². The maximum absolute atomic E-state index is 13.5. The zero-order valence-electron chi connectivity index (χ0n) is 12.1. The number of anilines is 1. The standard InChI is InChI=1S/C17H16FNO2S/c1-2-17(21)19-13-9-7-12(8-10-13)15(20)11-22-16-6-4-3-5-14(16)18/h3-10H,2,11H2,1H3,(H,19,21). The van der Waals surface area contributed by atoms with Crippen molar-refractivity contribution >= 4 is 29.1 Å². The van der Waals surface area contributed by atoms with E-state index in [-0.39, 0.29) is 23.3 Å². The minimum atomic E-state index is -0.321. The van der Waals surface area contributed by atoms with Gasteiger partial charge in [0.15, 0.2) is 5.78 Å². The first kappa shape index (κ1) is 16.2. The van der Waals surface area contributed by atoms with Gasteiger partial charge in [0.1, 0.15) is 5.82 Å². The second kappa shape index (κ2) is 7.75. The Bertz CT molecular complexity index is 671. The second-order valence-electron chi connectivity index (χ2n) is 4.62. The van der Waals surface area contributed by atoms with E-state index in [1.807, 2.05) is 0 Å². The first-order valence-corrected chi connectivity index (χ1v) is 7.89. The van der Waals surface area contributed by atoms with Gasteiger partial charge in [0, 0.05) is 22.6 Å². The van der Waals surface area contributed by atoms with Crippen LogP contribution in [0.1, 0.15) is 23.7 Å². The number of benzene rings is 2. The van der Waals surface area contributed by atoms with Crippen LogP contribution in [0.4, 0.5) is 10.1 Å². The predicted octanol–water partition coefficient (Wildman–Crippen LogP) is 4.15. The number of carbonyl (C=O) groups excluding carboxylic acids is 2. The first-order chi connectivity index (χ1) is 10.6. The summed E-state index contributed by atoms with van der Waals surface area (Å²) in [6.07, 6.45) is 0.403. The van der Waals surface area contributed by atoms with E-state index in [2.05, 4.69) is 5.32 Å². The Labute approximate surface area is 132 Å². The van der Waals surface area contributed by atoms with E-state index in [1.165, 1.54) is 17.8 Å². The summed E-state index contributed by atoms with van der Waals surface area (Å²) in [4.78, 5) is 23.8. The average molecular weight is 317 g/mol. The molecule has 0 fully saturated rings. The van der Waals surface area contributed by atoms with Crippen LogP contribution in [-0.2, 0) is 4.79 Å². The number of carbonyl (C=O) groups is 2. The minimum Gasteiger partial charge on any atom is -0.326 e. The van der Waals surface area contributed by atoms with E-state index in [4.69, 9.17) is 0 Å². The normalized spacial score (nSPS) is 10.3. The van der Waals surface area contributed by atoms with Crippen molar-refractivity contribution in [2.45, 2.75) is 18.2 Å². The molecule has 2 aromatic carbocycles. The van der Waals surface area contributed by atoms with E-state index >= 15 is 0 Å². The molecular weight excluding hydrogens is 301 g/mol. The number of Topliss-reactive ketones (excluding diaryl/α,β-unsaturated/α-hetero) is 1. The lowest BCUT2D eigenvalue weighted by Crippen LogP contribution is -2.09. The van der Waals surface area contributed by atoms with Gasteiger partial charge in [0.05, 0.1) is 5.75 Å². The molecule has 22 heavy (non-hydrogen) atoms. The van der Waals surface area contributed by atoms with Gasteiger partial charge in [-0.3, -0.25) is 9.59 Å². The van der Waals surface area contributed by atoms with E-state index < -0.39 is 0 Å². The monoisotopic (exact) mass is 317 g/mol. The molecule has 0 aliphatic carbocycles. The largest absolute Gasteiger partial charge is 0.326 e. The van der Waals surface area contributed by atoms with Crippen LogP contribution in [0.5, 0.6) is 0 Å². The van der Waals surface area contributed by atoms with E-state index in [9.17, 15) is 14.0 Å². The molecule has 114 valence electrons. The highest BCUT2D eigenvalue weighted by atomic mass is 32.2. The zero-order valence-corrected chi connectivity index (χ0v) is 13.0. The van der Waals surface area contributed by atoms with E-state index in [1.54, 1.807) is 49.4 Å². The van der Waals surface area contributed by atoms with Crippen LogP contribution in [0.2, 0.25) is 0 Å². The van der Waals surface area contributed by atoms with Crippen LogP contribution in [0.3, 0.4) is 0 Å². The topological polar surface area (TPSA) is 46.2 Å². The third-order valence-electron chi connectivity index (χ3n) is 3.01. The Hall–Kier alpha value is -2.14. The van der Waals surface area contributed by atoms with Crippen LogP contribution in [0.25, 0.3) is 0 Å². The van der Waals surface area contributed by atoms with E-state index in [0.717, 1.165) is 0 Å². The quantitative estimate of drug-likeness (QED) is 0.643. The highest BCUT2D eigenvalue weighted by Gasteiger charge is 2.09. The lowest BCUT2D eigenvalue weighted by molar-refractivity contribution is -0.115. The lowest BCUT2D eigenvalue weighted by Gasteiger charge is -2.05. The number of ketones is 1. The van der Waals surface area contributed by atoms with Crippen LogP contribution >= 0.6 is 11.8 Å². The summed E-state index contributed by atoms with van der Waals surface area (Å²) in [5.74, 6) is -0.310. The zero-order chi connectivity index (χ0) is 15.9. The molecule has 5 heteroatoms. The molecule has 3 nitrogen and oxygen atoms in total. The molecule has 0 saturated heterocycles. The number of nitrogens with one attached hydrogen (secondary N) is 1. The summed E-state index contributed by atoms with van der Waals surface area (Å²) in [6, 6.07) is 13.1. The third-order valence-corrected chi connectivity index (χ3v) is 4.06. The second-order valence-corrected chi connectivity index (χ2v) is 5.64. The van der Waals surface area contributed by atoms with Crippen molar-refractivity contribution in [3.63, 3.8) is 0 Å². The highest BCUT2D eigenvalue weighted by Crippen LogP contribution is 2.22. The van der Waals surface area contributed by atoms with Crippen LogP contribution in [-0.4, -0.2) is 17.4 Å². The predicted molar refractivity (Wildman–Crippen MR) is 86.8 cm³/mol. The van der Waals surface area contributed by atoms with Crippen LogP contribution < -0.4 is 5.32 Å².